The average molecular weight is 592 g/mol. The number of carbonyl (C=O) groups excluding carboxylic acids is 2. The summed E-state index contributed by atoms with van der Waals surface area (Å²) in [6, 6.07) is 8.99. The van der Waals surface area contributed by atoms with Crippen LogP contribution in [0, 0.1) is 0 Å². The molecule has 3 heterocycles. The predicted molar refractivity (Wildman–Crippen MR) is 148 cm³/mol. The molecule has 0 radical (unpaired) electrons. The lowest BCUT2D eigenvalue weighted by molar-refractivity contribution is -0.274. The quantitative estimate of drug-likeness (QED) is 0.305. The van der Waals surface area contributed by atoms with Gasteiger partial charge in [0.15, 0.2) is 5.13 Å². The third kappa shape index (κ3) is 6.86. The molecule has 1 aliphatic heterocycles. The Morgan fingerprint density at radius 3 is 2.56 bits per heavy atom. The molecule has 218 valence electrons. The van der Waals surface area contributed by atoms with E-state index in [0.29, 0.717) is 58.6 Å². The number of rotatable bonds is 9. The number of likely N-dealkylation sites (N-methyl/N-ethyl adjacent to an activating group) is 1. The molecule has 11 nitrogen and oxygen atoms in total. The average Bonchev–Trinajstić information content (AvgIpc) is 3.49. The maximum atomic E-state index is 12.8. The zero-order valence-electron chi connectivity index (χ0n) is 22.3. The zero-order valence-corrected chi connectivity index (χ0v) is 23.1. The minimum atomic E-state index is -4.79. The summed E-state index contributed by atoms with van der Waals surface area (Å²) >= 11 is 1.15. The summed E-state index contributed by atoms with van der Waals surface area (Å²) < 4.78 is 49.5. The molecule has 0 saturated carbocycles. The van der Waals surface area contributed by atoms with Crippen LogP contribution in [0.1, 0.15) is 10.4 Å². The fourth-order valence-corrected chi connectivity index (χ4v) is 5.34. The second-order valence-corrected chi connectivity index (χ2v) is 10.5. The molecule has 2 N–H and O–H groups in total. The van der Waals surface area contributed by atoms with Gasteiger partial charge in [0.2, 0.25) is 11.9 Å². The zero-order chi connectivity index (χ0) is 29.1. The lowest BCUT2D eigenvalue weighted by Crippen LogP contribution is -2.50. The first kappa shape index (κ1) is 28.6. The number of carbonyl (C=O) groups is 2. The van der Waals surface area contributed by atoms with E-state index in [1.165, 1.54) is 18.2 Å². The smallest absolute Gasteiger partial charge is 0.406 e. The number of fused-ring (bicyclic) bond motifs is 2. The van der Waals surface area contributed by atoms with Gasteiger partial charge in [-0.15, -0.1) is 13.2 Å². The number of thiazole rings is 1. The van der Waals surface area contributed by atoms with Crippen molar-refractivity contribution in [2.45, 2.75) is 12.9 Å². The second-order valence-electron chi connectivity index (χ2n) is 9.47. The number of alkyl halides is 3. The van der Waals surface area contributed by atoms with Crippen molar-refractivity contribution in [3.8, 4) is 5.75 Å². The molecule has 15 heteroatoms. The summed E-state index contributed by atoms with van der Waals surface area (Å²) in [6.07, 6.45) is -4.79. The van der Waals surface area contributed by atoms with E-state index in [0.717, 1.165) is 29.9 Å². The number of anilines is 2. The molecule has 2 aromatic carbocycles. The van der Waals surface area contributed by atoms with Crippen LogP contribution in [0.3, 0.4) is 0 Å². The van der Waals surface area contributed by atoms with Gasteiger partial charge in [-0.05, 0) is 37.4 Å². The monoisotopic (exact) mass is 591 g/mol. The van der Waals surface area contributed by atoms with Gasteiger partial charge < -0.3 is 34.5 Å². The molecule has 41 heavy (non-hydrogen) atoms. The topological polar surface area (TPSA) is 114 Å². The lowest BCUT2D eigenvalue weighted by atomic mass is 10.2. The fraction of sp³-hybridized carbons (Fsp3) is 0.385. The molecule has 4 aromatic rings. The largest absolute Gasteiger partial charge is 0.573 e. The van der Waals surface area contributed by atoms with Gasteiger partial charge in [-0.25, -0.2) is 9.97 Å². The van der Waals surface area contributed by atoms with E-state index in [9.17, 15) is 22.8 Å². The minimum Gasteiger partial charge on any atom is -0.406 e. The first-order chi connectivity index (χ1) is 19.6. The molecular weight excluding hydrogens is 563 g/mol. The number of hydrogen-bond donors (Lipinski definition) is 2. The normalized spacial score (nSPS) is 14.5. The highest BCUT2D eigenvalue weighted by Gasteiger charge is 2.31. The summed E-state index contributed by atoms with van der Waals surface area (Å²) in [7, 11) is 3.58. The standard InChI is InChI=1S/C26H28F3N7O4S/c1-34-7-9-35(10-8-34)22(37)15-30-23(38)16-3-6-20-19(13-16)31-24(36(20)11-12-39-2)33-25-32-18-5-4-17(14-21(18)41-25)40-26(27,28)29/h3-6,13-14H,7-12,15H2,1-2H3,(H,30,38)(H,31,32,33). The van der Waals surface area contributed by atoms with Crippen molar-refractivity contribution in [2.24, 2.45) is 0 Å². The van der Waals surface area contributed by atoms with Crippen molar-refractivity contribution in [3.63, 3.8) is 0 Å². The highest BCUT2D eigenvalue weighted by Crippen LogP contribution is 2.33. The molecule has 5 rings (SSSR count). The number of nitrogens with one attached hydrogen (secondary N) is 2. The van der Waals surface area contributed by atoms with Crippen LogP contribution in [0.25, 0.3) is 21.3 Å². The number of aromatic nitrogens is 3. The molecular formula is C26H28F3N7O4S. The van der Waals surface area contributed by atoms with Gasteiger partial charge in [0, 0.05) is 51.5 Å². The van der Waals surface area contributed by atoms with Crippen molar-refractivity contribution < 1.29 is 32.2 Å². The molecule has 0 unspecified atom stereocenters. The number of nitrogens with zero attached hydrogens (tertiary/aromatic N) is 5. The van der Waals surface area contributed by atoms with Gasteiger partial charge in [0.1, 0.15) is 5.75 Å². The first-order valence-electron chi connectivity index (χ1n) is 12.8. The highest BCUT2D eigenvalue weighted by molar-refractivity contribution is 7.22. The molecule has 2 aromatic heterocycles. The Bertz CT molecular complexity index is 1560. The Balaban J connectivity index is 1.33. The van der Waals surface area contributed by atoms with Crippen molar-refractivity contribution in [1.29, 1.82) is 0 Å². The first-order valence-corrected chi connectivity index (χ1v) is 13.6. The van der Waals surface area contributed by atoms with Crippen LogP contribution < -0.4 is 15.4 Å². The number of methoxy groups -OCH3 is 1. The van der Waals surface area contributed by atoms with Gasteiger partial charge in [-0.2, -0.15) is 0 Å². The van der Waals surface area contributed by atoms with Crippen molar-refractivity contribution in [1.82, 2.24) is 29.7 Å². The minimum absolute atomic E-state index is 0.0942. The van der Waals surface area contributed by atoms with E-state index in [1.807, 2.05) is 11.6 Å². The van der Waals surface area contributed by atoms with Crippen molar-refractivity contribution >= 4 is 55.5 Å². The third-order valence-electron chi connectivity index (χ3n) is 6.60. The van der Waals surface area contributed by atoms with Crippen LogP contribution in [0.2, 0.25) is 0 Å². The molecule has 1 fully saturated rings. The van der Waals surface area contributed by atoms with Gasteiger partial charge in [-0.3, -0.25) is 9.59 Å². The van der Waals surface area contributed by atoms with Crippen LogP contribution in [0.4, 0.5) is 24.3 Å². The highest BCUT2D eigenvalue weighted by atomic mass is 32.1. The number of benzene rings is 2. The second kappa shape index (κ2) is 11.9. The van der Waals surface area contributed by atoms with Gasteiger partial charge in [0.25, 0.3) is 5.91 Å². The Morgan fingerprint density at radius 2 is 1.83 bits per heavy atom. The van der Waals surface area contributed by atoms with Crippen molar-refractivity contribution in [2.75, 3.05) is 58.8 Å². The van der Waals surface area contributed by atoms with E-state index in [1.54, 1.807) is 30.2 Å². The predicted octanol–water partition coefficient (Wildman–Crippen LogP) is 3.44. The van der Waals surface area contributed by atoms with E-state index in [4.69, 9.17) is 4.74 Å². The van der Waals surface area contributed by atoms with Gasteiger partial charge >= 0.3 is 6.36 Å². The van der Waals surface area contributed by atoms with E-state index in [-0.39, 0.29) is 18.2 Å². The Labute approximate surface area is 236 Å². The van der Waals surface area contributed by atoms with Crippen LogP contribution in [-0.2, 0) is 16.1 Å². The van der Waals surface area contributed by atoms with Crippen LogP contribution >= 0.6 is 11.3 Å². The number of imidazole rings is 1. The maximum absolute atomic E-state index is 12.8. The number of amides is 2. The third-order valence-corrected chi connectivity index (χ3v) is 7.53. The SMILES string of the molecule is COCCn1c(Nc2nc3ccc(OC(F)(F)F)cc3s2)nc2cc(C(=O)NCC(=O)N3CCN(C)CC3)ccc21. The molecule has 2 amide bonds. The number of hydrogen-bond acceptors (Lipinski definition) is 9. The summed E-state index contributed by atoms with van der Waals surface area (Å²) in [5.74, 6) is -0.427. The van der Waals surface area contributed by atoms with Crippen LogP contribution in [-0.4, -0.2) is 96.0 Å². The molecule has 0 bridgehead atoms. The number of ether oxygens (including phenoxy) is 2. The molecule has 0 spiro atoms. The van der Waals surface area contributed by atoms with Crippen molar-refractivity contribution in [3.05, 3.63) is 42.0 Å². The van der Waals surface area contributed by atoms with E-state index >= 15 is 0 Å². The Kier molecular flexibility index (Phi) is 8.28. The van der Waals surface area contributed by atoms with E-state index in [2.05, 4.69) is 30.2 Å². The van der Waals surface area contributed by atoms with Gasteiger partial charge in [-0.1, -0.05) is 11.3 Å². The summed E-state index contributed by atoms with van der Waals surface area (Å²) in [5, 5.41) is 6.26. The van der Waals surface area contributed by atoms with E-state index < -0.39 is 12.3 Å². The Hall–Kier alpha value is -3.95. The van der Waals surface area contributed by atoms with Crippen LogP contribution in [0.15, 0.2) is 36.4 Å². The lowest BCUT2D eigenvalue weighted by Gasteiger charge is -2.32. The summed E-state index contributed by atoms with van der Waals surface area (Å²) in [4.78, 5) is 38.3. The molecule has 0 aliphatic carbocycles. The van der Waals surface area contributed by atoms with Gasteiger partial charge in [0.05, 0.1) is 34.4 Å². The molecule has 1 saturated heterocycles. The Morgan fingerprint density at radius 1 is 1.05 bits per heavy atom. The summed E-state index contributed by atoms with van der Waals surface area (Å²) in [6.45, 7) is 3.57. The summed E-state index contributed by atoms with van der Waals surface area (Å²) in [5.41, 5.74) is 2.11. The molecule has 1 aliphatic rings. The van der Waals surface area contributed by atoms with Crippen LogP contribution in [0.5, 0.6) is 5.75 Å². The maximum Gasteiger partial charge on any atom is 0.573 e. The fourth-order valence-electron chi connectivity index (χ4n) is 4.45. The number of halogens is 3. The number of piperazine rings is 1. The molecule has 0 atom stereocenters.